The molecule has 1 aliphatic heterocycles. The Labute approximate surface area is 156 Å². The monoisotopic (exact) mass is 380 g/mol. The van der Waals surface area contributed by atoms with Gasteiger partial charge in [0.1, 0.15) is 0 Å². The van der Waals surface area contributed by atoms with Crippen molar-refractivity contribution in [3.05, 3.63) is 29.3 Å². The van der Waals surface area contributed by atoms with Gasteiger partial charge in [-0.3, -0.25) is 4.79 Å². The quantitative estimate of drug-likeness (QED) is 0.735. The number of amides is 1. The van der Waals surface area contributed by atoms with Crippen molar-refractivity contribution < 1.29 is 17.9 Å². The van der Waals surface area contributed by atoms with Crippen LogP contribution in [-0.4, -0.2) is 46.0 Å². The fraction of sp³-hybridized carbons (Fsp3) is 0.632. The second kappa shape index (κ2) is 8.50. The van der Waals surface area contributed by atoms with Crippen LogP contribution in [0.4, 0.5) is 0 Å². The highest BCUT2D eigenvalue weighted by molar-refractivity contribution is 7.89. The van der Waals surface area contributed by atoms with Crippen LogP contribution in [0.15, 0.2) is 23.1 Å². The Hall–Kier alpha value is -1.44. The first kappa shape index (κ1) is 19.3. The minimum absolute atomic E-state index is 0.155. The Morgan fingerprint density at radius 1 is 1.31 bits per heavy atom. The number of nitrogens with zero attached hydrogens (tertiary/aromatic N) is 1. The summed E-state index contributed by atoms with van der Waals surface area (Å²) in [5, 5.41) is 0. The number of hydrogen-bond acceptors (Lipinski definition) is 4. The molecule has 1 aliphatic carbocycles. The zero-order valence-electron chi connectivity index (χ0n) is 15.4. The van der Waals surface area contributed by atoms with E-state index >= 15 is 0 Å². The van der Waals surface area contributed by atoms with Crippen LogP contribution in [0.3, 0.4) is 0 Å². The molecular formula is C19H28N2O4S. The lowest BCUT2D eigenvalue weighted by Crippen LogP contribution is -2.38. The number of fused-ring (bicyclic) bond motifs is 1. The number of methoxy groups -OCH3 is 1. The van der Waals surface area contributed by atoms with E-state index in [1.54, 1.807) is 12.1 Å². The summed E-state index contributed by atoms with van der Waals surface area (Å²) in [6.07, 6.45) is 6.01. The molecule has 0 bridgehead atoms. The summed E-state index contributed by atoms with van der Waals surface area (Å²) < 4.78 is 32.8. The number of ether oxygens (including phenoxy) is 1. The lowest BCUT2D eigenvalue weighted by molar-refractivity contribution is -0.133. The maximum atomic E-state index is 12.7. The van der Waals surface area contributed by atoms with Gasteiger partial charge in [0.25, 0.3) is 0 Å². The van der Waals surface area contributed by atoms with E-state index < -0.39 is 10.0 Å². The highest BCUT2D eigenvalue weighted by Gasteiger charge is 2.28. The van der Waals surface area contributed by atoms with Gasteiger partial charge in [0, 0.05) is 33.2 Å². The van der Waals surface area contributed by atoms with Gasteiger partial charge in [-0.05, 0) is 42.4 Å². The van der Waals surface area contributed by atoms with Crippen LogP contribution in [-0.2, 0) is 32.5 Å². The highest BCUT2D eigenvalue weighted by atomic mass is 32.2. The van der Waals surface area contributed by atoms with Crippen molar-refractivity contribution in [2.45, 2.75) is 50.0 Å². The lowest BCUT2D eigenvalue weighted by atomic mass is 9.98. The SMILES string of the molecule is COCCNS(=O)(=O)c1cccc2c1CN(C(=O)CC1CCCC1)CC2. The summed E-state index contributed by atoms with van der Waals surface area (Å²) in [6.45, 7) is 1.59. The van der Waals surface area contributed by atoms with Crippen LogP contribution in [0.25, 0.3) is 0 Å². The zero-order chi connectivity index (χ0) is 18.6. The van der Waals surface area contributed by atoms with Gasteiger partial charge in [-0.25, -0.2) is 13.1 Å². The Morgan fingerprint density at radius 2 is 2.08 bits per heavy atom. The smallest absolute Gasteiger partial charge is 0.240 e. The lowest BCUT2D eigenvalue weighted by Gasteiger charge is -2.31. The second-order valence-corrected chi connectivity index (χ2v) is 8.94. The minimum atomic E-state index is -3.61. The van der Waals surface area contributed by atoms with E-state index in [1.165, 1.54) is 20.0 Å². The van der Waals surface area contributed by atoms with Crippen LogP contribution >= 0.6 is 0 Å². The van der Waals surface area contributed by atoms with Crippen LogP contribution in [0, 0.1) is 5.92 Å². The van der Waals surface area contributed by atoms with E-state index in [4.69, 9.17) is 4.74 Å². The van der Waals surface area contributed by atoms with Crippen molar-refractivity contribution in [1.82, 2.24) is 9.62 Å². The standard InChI is InChI=1S/C19H28N2O4S/c1-25-12-10-20-26(23,24)18-8-4-7-16-9-11-21(14-17(16)18)19(22)13-15-5-2-3-6-15/h4,7-8,15,20H,2-3,5-6,9-14H2,1H3. The molecule has 0 radical (unpaired) electrons. The van der Waals surface area contributed by atoms with E-state index in [9.17, 15) is 13.2 Å². The maximum Gasteiger partial charge on any atom is 0.240 e. The Balaban J connectivity index is 1.75. The summed E-state index contributed by atoms with van der Waals surface area (Å²) in [5.41, 5.74) is 1.77. The molecule has 1 amide bonds. The third-order valence-corrected chi connectivity index (χ3v) is 6.95. The van der Waals surface area contributed by atoms with Gasteiger partial charge >= 0.3 is 0 Å². The van der Waals surface area contributed by atoms with Gasteiger partial charge in [-0.2, -0.15) is 0 Å². The molecule has 7 heteroatoms. The minimum Gasteiger partial charge on any atom is -0.383 e. The molecule has 0 saturated heterocycles. The van der Waals surface area contributed by atoms with E-state index in [2.05, 4.69) is 4.72 Å². The fourth-order valence-corrected chi connectivity index (χ4v) is 5.25. The Morgan fingerprint density at radius 3 is 2.81 bits per heavy atom. The van der Waals surface area contributed by atoms with E-state index in [0.29, 0.717) is 38.5 Å². The molecule has 0 spiro atoms. The normalized spacial score (nSPS) is 18.1. The van der Waals surface area contributed by atoms with Gasteiger partial charge in [-0.15, -0.1) is 0 Å². The molecule has 1 fully saturated rings. The molecule has 1 N–H and O–H groups in total. The molecule has 1 saturated carbocycles. The first-order valence-corrected chi connectivity index (χ1v) is 10.9. The number of benzene rings is 1. The molecule has 0 unspecified atom stereocenters. The first-order valence-electron chi connectivity index (χ1n) is 9.38. The van der Waals surface area contributed by atoms with Gasteiger partial charge < -0.3 is 9.64 Å². The van der Waals surface area contributed by atoms with Gasteiger partial charge in [0.2, 0.25) is 15.9 Å². The maximum absolute atomic E-state index is 12.7. The van der Waals surface area contributed by atoms with Crippen molar-refractivity contribution in [3.8, 4) is 0 Å². The predicted molar refractivity (Wildman–Crippen MR) is 99.2 cm³/mol. The Bertz CT molecular complexity index is 742. The van der Waals surface area contributed by atoms with E-state index in [1.807, 2.05) is 11.0 Å². The molecule has 1 aromatic rings. The van der Waals surface area contributed by atoms with Gasteiger partial charge in [0.15, 0.2) is 0 Å². The van der Waals surface area contributed by atoms with Crippen LogP contribution in [0.1, 0.15) is 43.2 Å². The largest absolute Gasteiger partial charge is 0.383 e. The van der Waals surface area contributed by atoms with E-state index in [-0.39, 0.29) is 17.3 Å². The highest BCUT2D eigenvalue weighted by Crippen LogP contribution is 2.30. The second-order valence-electron chi connectivity index (χ2n) is 7.20. The van der Waals surface area contributed by atoms with Gasteiger partial charge in [0.05, 0.1) is 11.5 Å². The topological polar surface area (TPSA) is 75.7 Å². The molecular weight excluding hydrogens is 352 g/mol. The van der Waals surface area contributed by atoms with Crippen LogP contribution < -0.4 is 4.72 Å². The average molecular weight is 381 g/mol. The third-order valence-electron chi connectivity index (χ3n) is 5.41. The number of nitrogens with one attached hydrogen (secondary N) is 1. The van der Waals surface area contributed by atoms with Crippen molar-refractivity contribution >= 4 is 15.9 Å². The summed E-state index contributed by atoms with van der Waals surface area (Å²) in [5.74, 6) is 0.653. The van der Waals surface area contributed by atoms with Crippen molar-refractivity contribution in [3.63, 3.8) is 0 Å². The Kier molecular flexibility index (Phi) is 6.32. The number of hydrogen-bond donors (Lipinski definition) is 1. The van der Waals surface area contributed by atoms with E-state index in [0.717, 1.165) is 24.0 Å². The number of sulfonamides is 1. The summed E-state index contributed by atoms with van der Waals surface area (Å²) >= 11 is 0. The fourth-order valence-electron chi connectivity index (χ4n) is 3.96. The molecule has 0 aromatic heterocycles. The summed E-state index contributed by atoms with van der Waals surface area (Å²) in [4.78, 5) is 14.8. The molecule has 3 rings (SSSR count). The molecule has 6 nitrogen and oxygen atoms in total. The van der Waals surface area contributed by atoms with Crippen LogP contribution in [0.2, 0.25) is 0 Å². The summed E-state index contributed by atoms with van der Waals surface area (Å²) in [7, 11) is -2.08. The molecule has 2 aliphatic rings. The first-order chi connectivity index (χ1) is 12.5. The average Bonchev–Trinajstić information content (AvgIpc) is 3.13. The molecule has 0 atom stereocenters. The number of carbonyl (C=O) groups is 1. The number of carbonyl (C=O) groups excluding carboxylic acids is 1. The predicted octanol–water partition coefficient (Wildman–Crippen LogP) is 2.08. The van der Waals surface area contributed by atoms with Gasteiger partial charge in [-0.1, -0.05) is 25.0 Å². The van der Waals surface area contributed by atoms with Crippen molar-refractivity contribution in [2.24, 2.45) is 5.92 Å². The summed E-state index contributed by atoms with van der Waals surface area (Å²) in [6, 6.07) is 5.36. The third kappa shape index (κ3) is 4.45. The molecule has 144 valence electrons. The molecule has 1 heterocycles. The number of rotatable bonds is 7. The zero-order valence-corrected chi connectivity index (χ0v) is 16.2. The van der Waals surface area contributed by atoms with Crippen molar-refractivity contribution in [2.75, 3.05) is 26.8 Å². The van der Waals surface area contributed by atoms with Crippen LogP contribution in [0.5, 0.6) is 0 Å². The molecule has 26 heavy (non-hydrogen) atoms. The molecule has 1 aromatic carbocycles. The van der Waals surface area contributed by atoms with Crippen molar-refractivity contribution in [1.29, 1.82) is 0 Å².